The zero-order chi connectivity index (χ0) is 16.8. The van der Waals surface area contributed by atoms with E-state index in [2.05, 4.69) is 20.4 Å². The molecule has 8 heteroatoms. The molecule has 0 aliphatic carbocycles. The topological polar surface area (TPSA) is 81.9 Å². The Kier molecular flexibility index (Phi) is 3.38. The van der Waals surface area contributed by atoms with Crippen LogP contribution in [0.1, 0.15) is 23.5 Å². The van der Waals surface area contributed by atoms with Gasteiger partial charge in [-0.15, -0.1) is 0 Å². The molecule has 0 saturated carbocycles. The van der Waals surface area contributed by atoms with Crippen LogP contribution in [0.2, 0.25) is 5.02 Å². The number of carbonyl (C=O) groups is 1. The SMILES string of the molecule is COc1cc2c(-c3nn4c(c3Cl)C(=O)NC[C@@H]4C)ccnc2cn1. The van der Waals surface area contributed by atoms with Gasteiger partial charge in [-0.05, 0) is 13.0 Å². The van der Waals surface area contributed by atoms with Crippen LogP contribution in [0.15, 0.2) is 24.5 Å². The molecule has 4 heterocycles. The Morgan fingerprint density at radius 1 is 1.42 bits per heavy atom. The first-order chi connectivity index (χ1) is 11.6. The minimum atomic E-state index is -0.213. The van der Waals surface area contributed by atoms with Gasteiger partial charge in [-0.3, -0.25) is 14.5 Å². The number of halogens is 1. The molecule has 0 radical (unpaired) electrons. The van der Waals surface area contributed by atoms with Crippen molar-refractivity contribution in [3.05, 3.63) is 35.2 Å². The standard InChI is InChI=1S/C16H14ClN5O2/c1-8-6-20-16(23)15-13(17)14(21-22(8)15)9-3-4-18-11-7-19-12(24-2)5-10(9)11/h3-5,7-8H,6H2,1-2H3,(H,20,23)/t8-/m0/s1. The predicted molar refractivity (Wildman–Crippen MR) is 89.4 cm³/mol. The highest BCUT2D eigenvalue weighted by atomic mass is 35.5. The van der Waals surface area contributed by atoms with Crippen molar-refractivity contribution in [1.29, 1.82) is 0 Å². The van der Waals surface area contributed by atoms with Gasteiger partial charge < -0.3 is 10.1 Å². The molecule has 1 N–H and O–H groups in total. The number of nitrogens with one attached hydrogen (secondary N) is 1. The van der Waals surface area contributed by atoms with Gasteiger partial charge >= 0.3 is 0 Å². The predicted octanol–water partition coefficient (Wildman–Crippen LogP) is 2.46. The van der Waals surface area contributed by atoms with E-state index >= 15 is 0 Å². The number of ether oxygens (including phenoxy) is 1. The summed E-state index contributed by atoms with van der Waals surface area (Å²) in [6.45, 7) is 2.51. The lowest BCUT2D eigenvalue weighted by Crippen LogP contribution is -2.38. The fourth-order valence-electron chi connectivity index (χ4n) is 2.87. The number of hydrogen-bond acceptors (Lipinski definition) is 5. The average molecular weight is 344 g/mol. The van der Waals surface area contributed by atoms with Crippen LogP contribution in [0.25, 0.3) is 22.2 Å². The lowest BCUT2D eigenvalue weighted by Gasteiger charge is -2.21. The third-order valence-electron chi connectivity index (χ3n) is 4.11. The number of nitrogens with zero attached hydrogens (tertiary/aromatic N) is 4. The van der Waals surface area contributed by atoms with E-state index in [1.807, 2.05) is 13.0 Å². The number of fused-ring (bicyclic) bond motifs is 2. The molecule has 24 heavy (non-hydrogen) atoms. The Labute approximate surface area is 142 Å². The third kappa shape index (κ3) is 2.12. The summed E-state index contributed by atoms with van der Waals surface area (Å²) in [5.41, 5.74) is 2.42. The van der Waals surface area contributed by atoms with Crippen molar-refractivity contribution in [3.8, 4) is 17.1 Å². The number of pyridine rings is 2. The van der Waals surface area contributed by atoms with Gasteiger partial charge in [-0.1, -0.05) is 11.6 Å². The lowest BCUT2D eigenvalue weighted by molar-refractivity contribution is 0.0913. The van der Waals surface area contributed by atoms with Crippen LogP contribution in [0, 0.1) is 0 Å². The summed E-state index contributed by atoms with van der Waals surface area (Å²) < 4.78 is 6.88. The monoisotopic (exact) mass is 343 g/mol. The Bertz CT molecular complexity index is 969. The number of methoxy groups -OCH3 is 1. The number of carbonyl (C=O) groups excluding carboxylic acids is 1. The van der Waals surface area contributed by atoms with Gasteiger partial charge in [-0.2, -0.15) is 5.10 Å². The van der Waals surface area contributed by atoms with E-state index in [4.69, 9.17) is 16.3 Å². The quantitative estimate of drug-likeness (QED) is 0.773. The Morgan fingerprint density at radius 2 is 2.25 bits per heavy atom. The lowest BCUT2D eigenvalue weighted by atomic mass is 10.1. The zero-order valence-corrected chi connectivity index (χ0v) is 13.8. The van der Waals surface area contributed by atoms with E-state index in [1.165, 1.54) is 0 Å². The summed E-state index contributed by atoms with van der Waals surface area (Å²) in [7, 11) is 1.55. The molecule has 7 nitrogen and oxygen atoms in total. The van der Waals surface area contributed by atoms with Crippen LogP contribution in [-0.2, 0) is 0 Å². The number of hydrogen-bond donors (Lipinski definition) is 1. The van der Waals surface area contributed by atoms with Crippen LogP contribution >= 0.6 is 11.6 Å². The van der Waals surface area contributed by atoms with Crippen molar-refractivity contribution in [3.63, 3.8) is 0 Å². The maximum absolute atomic E-state index is 12.2. The van der Waals surface area contributed by atoms with Crippen LogP contribution in [0.4, 0.5) is 0 Å². The minimum Gasteiger partial charge on any atom is -0.481 e. The van der Waals surface area contributed by atoms with Gasteiger partial charge in [0.15, 0.2) is 0 Å². The largest absolute Gasteiger partial charge is 0.481 e. The highest BCUT2D eigenvalue weighted by molar-refractivity contribution is 6.36. The zero-order valence-electron chi connectivity index (χ0n) is 13.1. The summed E-state index contributed by atoms with van der Waals surface area (Å²) >= 11 is 6.50. The summed E-state index contributed by atoms with van der Waals surface area (Å²) in [4.78, 5) is 20.6. The second-order valence-corrected chi connectivity index (χ2v) is 6.00. The number of rotatable bonds is 2. The first-order valence-electron chi connectivity index (χ1n) is 7.45. The molecule has 0 aromatic carbocycles. The van der Waals surface area contributed by atoms with Crippen LogP contribution < -0.4 is 10.1 Å². The number of amides is 1. The first-order valence-corrected chi connectivity index (χ1v) is 7.83. The molecule has 0 bridgehead atoms. The van der Waals surface area contributed by atoms with Gasteiger partial charge in [0.1, 0.15) is 11.4 Å². The maximum atomic E-state index is 12.2. The summed E-state index contributed by atoms with van der Waals surface area (Å²) in [5.74, 6) is 0.261. The summed E-state index contributed by atoms with van der Waals surface area (Å²) in [5, 5.41) is 8.57. The molecule has 0 unspecified atom stereocenters. The van der Waals surface area contributed by atoms with Gasteiger partial charge in [0.2, 0.25) is 5.88 Å². The van der Waals surface area contributed by atoms with Crippen LogP contribution in [0.3, 0.4) is 0 Å². The van der Waals surface area contributed by atoms with Gasteiger partial charge in [0, 0.05) is 29.8 Å². The van der Waals surface area contributed by atoms with Crippen molar-refractivity contribution >= 4 is 28.4 Å². The van der Waals surface area contributed by atoms with E-state index in [0.29, 0.717) is 34.4 Å². The van der Waals surface area contributed by atoms with E-state index < -0.39 is 0 Å². The van der Waals surface area contributed by atoms with Crippen molar-refractivity contribution in [2.75, 3.05) is 13.7 Å². The molecule has 1 aliphatic rings. The molecule has 1 amide bonds. The molecular weight excluding hydrogens is 330 g/mol. The van der Waals surface area contributed by atoms with Gasteiger partial charge in [0.25, 0.3) is 5.91 Å². The Hall–Kier alpha value is -2.67. The molecule has 0 fully saturated rings. The first kappa shape index (κ1) is 14.9. The molecular formula is C16H14ClN5O2. The highest BCUT2D eigenvalue weighted by Crippen LogP contribution is 2.36. The van der Waals surface area contributed by atoms with E-state index in [9.17, 15) is 4.79 Å². The molecule has 122 valence electrons. The highest BCUT2D eigenvalue weighted by Gasteiger charge is 2.30. The molecule has 0 saturated heterocycles. The van der Waals surface area contributed by atoms with Gasteiger partial charge in [0.05, 0.1) is 29.9 Å². The van der Waals surface area contributed by atoms with E-state index in [-0.39, 0.29) is 11.9 Å². The fraction of sp³-hybridized carbons (Fsp3) is 0.250. The molecule has 1 atom stereocenters. The van der Waals surface area contributed by atoms with Crippen molar-refractivity contribution in [1.82, 2.24) is 25.1 Å². The molecule has 3 aromatic heterocycles. The van der Waals surface area contributed by atoms with Crippen molar-refractivity contribution in [2.45, 2.75) is 13.0 Å². The van der Waals surface area contributed by atoms with Crippen LogP contribution in [0.5, 0.6) is 5.88 Å². The van der Waals surface area contributed by atoms with E-state index in [1.54, 1.807) is 30.3 Å². The summed E-state index contributed by atoms with van der Waals surface area (Å²) in [6, 6.07) is 3.65. The second kappa shape index (κ2) is 5.45. The molecule has 3 aromatic rings. The van der Waals surface area contributed by atoms with Gasteiger partial charge in [-0.25, -0.2) is 4.98 Å². The number of aromatic nitrogens is 4. The smallest absolute Gasteiger partial charge is 0.271 e. The molecule has 4 rings (SSSR count). The maximum Gasteiger partial charge on any atom is 0.271 e. The van der Waals surface area contributed by atoms with Crippen LogP contribution in [-0.4, -0.2) is 39.3 Å². The van der Waals surface area contributed by atoms with Crippen molar-refractivity contribution in [2.24, 2.45) is 0 Å². The fourth-order valence-corrected chi connectivity index (χ4v) is 3.18. The Morgan fingerprint density at radius 3 is 3.00 bits per heavy atom. The Balaban J connectivity index is 1.99. The van der Waals surface area contributed by atoms with Crippen molar-refractivity contribution < 1.29 is 9.53 Å². The summed E-state index contributed by atoms with van der Waals surface area (Å²) in [6.07, 6.45) is 3.31. The molecule has 1 aliphatic heterocycles. The molecule has 0 spiro atoms. The normalized spacial score (nSPS) is 16.8. The third-order valence-corrected chi connectivity index (χ3v) is 4.47. The average Bonchev–Trinajstić information content (AvgIpc) is 2.96. The second-order valence-electron chi connectivity index (χ2n) is 5.62. The van der Waals surface area contributed by atoms with E-state index in [0.717, 1.165) is 10.9 Å². The minimum absolute atomic E-state index is 0.0354.